The first kappa shape index (κ1) is 18.3. The molecule has 6 nitrogen and oxygen atoms in total. The Morgan fingerprint density at radius 3 is 2.52 bits per heavy atom. The number of benzene rings is 1. The summed E-state index contributed by atoms with van der Waals surface area (Å²) in [6.45, 7) is 2.97. The highest BCUT2D eigenvalue weighted by Gasteiger charge is 2.32. The molecule has 0 N–H and O–H groups in total. The third-order valence-electron chi connectivity index (χ3n) is 4.98. The van der Waals surface area contributed by atoms with Crippen LogP contribution < -0.4 is 0 Å². The van der Waals surface area contributed by atoms with E-state index in [2.05, 4.69) is 17.1 Å². The van der Waals surface area contributed by atoms with Gasteiger partial charge < -0.3 is 4.42 Å². The van der Waals surface area contributed by atoms with E-state index in [0.29, 0.717) is 42.6 Å². The number of thiophene rings is 1. The van der Waals surface area contributed by atoms with Crippen LogP contribution in [0.5, 0.6) is 0 Å². The second-order valence-corrected chi connectivity index (χ2v) is 9.35. The van der Waals surface area contributed by atoms with Crippen LogP contribution in [0.2, 0.25) is 0 Å². The molecule has 27 heavy (non-hydrogen) atoms. The normalized spacial score (nSPS) is 16.6. The van der Waals surface area contributed by atoms with Gasteiger partial charge in [-0.05, 0) is 48.4 Å². The van der Waals surface area contributed by atoms with E-state index < -0.39 is 10.0 Å². The fraction of sp³-hybridized carbons (Fsp3) is 0.368. The molecule has 1 fully saturated rings. The molecule has 1 aromatic carbocycles. The Kier molecular flexibility index (Phi) is 5.12. The lowest BCUT2D eigenvalue weighted by molar-refractivity contribution is 0.291. The van der Waals surface area contributed by atoms with Crippen LogP contribution in [0, 0.1) is 0 Å². The van der Waals surface area contributed by atoms with Gasteiger partial charge >= 0.3 is 0 Å². The number of hydrogen-bond acceptors (Lipinski definition) is 6. The summed E-state index contributed by atoms with van der Waals surface area (Å²) >= 11 is 1.58. The second-order valence-electron chi connectivity index (χ2n) is 6.63. The fourth-order valence-electron chi connectivity index (χ4n) is 3.29. The number of rotatable bonds is 5. The summed E-state index contributed by atoms with van der Waals surface area (Å²) < 4.78 is 33.1. The number of aromatic nitrogens is 2. The Hall–Kier alpha value is -2.03. The number of piperidine rings is 1. The predicted octanol–water partition coefficient (Wildman–Crippen LogP) is 3.93. The van der Waals surface area contributed by atoms with E-state index in [-0.39, 0.29) is 5.92 Å². The van der Waals surface area contributed by atoms with Crippen LogP contribution in [-0.2, 0) is 16.4 Å². The van der Waals surface area contributed by atoms with Crippen molar-refractivity contribution < 1.29 is 12.8 Å². The number of sulfonamides is 1. The van der Waals surface area contributed by atoms with Crippen molar-refractivity contribution in [2.45, 2.75) is 37.0 Å². The molecule has 1 saturated heterocycles. The van der Waals surface area contributed by atoms with Crippen LogP contribution in [0.3, 0.4) is 0 Å². The minimum atomic E-state index is -3.45. The summed E-state index contributed by atoms with van der Waals surface area (Å²) in [5.41, 5.74) is 2.06. The van der Waals surface area contributed by atoms with E-state index in [1.165, 1.54) is 0 Å². The Bertz CT molecular complexity index is 987. The van der Waals surface area contributed by atoms with E-state index >= 15 is 0 Å². The molecule has 0 unspecified atom stereocenters. The van der Waals surface area contributed by atoms with Crippen molar-refractivity contribution >= 4 is 21.4 Å². The summed E-state index contributed by atoms with van der Waals surface area (Å²) in [4.78, 5) is 0.357. The van der Waals surface area contributed by atoms with E-state index in [1.54, 1.807) is 27.8 Å². The van der Waals surface area contributed by atoms with E-state index in [1.807, 2.05) is 29.0 Å². The smallest absolute Gasteiger partial charge is 0.248 e. The number of aryl methyl sites for hydroxylation is 1. The highest BCUT2D eigenvalue weighted by molar-refractivity contribution is 7.89. The average Bonchev–Trinajstić information content (AvgIpc) is 3.40. The van der Waals surface area contributed by atoms with Crippen LogP contribution in [-0.4, -0.2) is 36.0 Å². The third kappa shape index (κ3) is 3.69. The quantitative estimate of drug-likeness (QED) is 0.645. The molecule has 0 amide bonds. The molecule has 1 aliphatic rings. The molecule has 1 aliphatic heterocycles. The highest BCUT2D eigenvalue weighted by Crippen LogP contribution is 2.32. The summed E-state index contributed by atoms with van der Waals surface area (Å²) in [7, 11) is -3.45. The van der Waals surface area contributed by atoms with Crippen molar-refractivity contribution in [2.24, 2.45) is 0 Å². The molecule has 0 bridgehead atoms. The Labute approximate surface area is 162 Å². The van der Waals surface area contributed by atoms with E-state index in [4.69, 9.17) is 4.42 Å². The zero-order chi connectivity index (χ0) is 18.9. The summed E-state index contributed by atoms with van der Waals surface area (Å²) in [6.07, 6.45) is 2.25. The summed E-state index contributed by atoms with van der Waals surface area (Å²) in [5.74, 6) is 1.22. The molecule has 2 aromatic heterocycles. The first-order valence-electron chi connectivity index (χ1n) is 9.03. The van der Waals surface area contributed by atoms with Gasteiger partial charge in [0.05, 0.1) is 4.90 Å². The maximum absolute atomic E-state index is 12.9. The molecule has 0 spiro atoms. The standard InChI is InChI=1S/C19H21N3O3S2/c1-2-14-3-5-17(6-4-14)27(23,24)22-10-7-15(8-11-22)18-20-21-19(25-18)16-9-12-26-13-16/h3-6,9,12-13,15H,2,7-8,10-11H2,1H3. The lowest BCUT2D eigenvalue weighted by atomic mass is 9.98. The molecule has 0 saturated carbocycles. The molecule has 0 aliphatic carbocycles. The van der Waals surface area contributed by atoms with Gasteiger partial charge in [-0.15, -0.1) is 10.2 Å². The lowest BCUT2D eigenvalue weighted by Crippen LogP contribution is -2.37. The third-order valence-corrected chi connectivity index (χ3v) is 7.58. The molecule has 0 atom stereocenters. The zero-order valence-corrected chi connectivity index (χ0v) is 16.7. The minimum Gasteiger partial charge on any atom is -0.420 e. The summed E-state index contributed by atoms with van der Waals surface area (Å²) in [5, 5.41) is 12.2. The van der Waals surface area contributed by atoms with Crippen LogP contribution in [0.4, 0.5) is 0 Å². The van der Waals surface area contributed by atoms with Crippen LogP contribution in [0.1, 0.15) is 37.1 Å². The van der Waals surface area contributed by atoms with Gasteiger partial charge in [-0.2, -0.15) is 15.6 Å². The van der Waals surface area contributed by atoms with Gasteiger partial charge in [-0.3, -0.25) is 0 Å². The molecule has 3 aromatic rings. The van der Waals surface area contributed by atoms with Gasteiger partial charge in [0.15, 0.2) is 0 Å². The van der Waals surface area contributed by atoms with Gasteiger partial charge in [-0.1, -0.05) is 19.1 Å². The van der Waals surface area contributed by atoms with Gasteiger partial charge in [0.25, 0.3) is 0 Å². The highest BCUT2D eigenvalue weighted by atomic mass is 32.2. The van der Waals surface area contributed by atoms with Crippen molar-refractivity contribution in [1.82, 2.24) is 14.5 Å². The SMILES string of the molecule is CCc1ccc(S(=O)(=O)N2CCC(c3nnc(-c4ccsc4)o3)CC2)cc1. The first-order chi connectivity index (χ1) is 13.1. The van der Waals surface area contributed by atoms with Gasteiger partial charge in [0, 0.05) is 30.0 Å². The van der Waals surface area contributed by atoms with Crippen LogP contribution >= 0.6 is 11.3 Å². The maximum Gasteiger partial charge on any atom is 0.248 e. The minimum absolute atomic E-state index is 0.0961. The van der Waals surface area contributed by atoms with Crippen molar-refractivity contribution in [3.05, 3.63) is 52.5 Å². The van der Waals surface area contributed by atoms with Crippen molar-refractivity contribution in [1.29, 1.82) is 0 Å². The van der Waals surface area contributed by atoms with Crippen LogP contribution in [0.15, 0.2) is 50.4 Å². The first-order valence-corrected chi connectivity index (χ1v) is 11.4. The zero-order valence-electron chi connectivity index (χ0n) is 15.0. The monoisotopic (exact) mass is 403 g/mol. The van der Waals surface area contributed by atoms with E-state index in [0.717, 1.165) is 17.5 Å². The molecular weight excluding hydrogens is 382 g/mol. The Morgan fingerprint density at radius 2 is 1.89 bits per heavy atom. The van der Waals surface area contributed by atoms with Gasteiger partial charge in [0.2, 0.25) is 21.8 Å². The van der Waals surface area contributed by atoms with Crippen molar-refractivity contribution in [2.75, 3.05) is 13.1 Å². The van der Waals surface area contributed by atoms with E-state index in [9.17, 15) is 8.42 Å². The summed E-state index contributed by atoms with van der Waals surface area (Å²) in [6, 6.07) is 9.10. The van der Waals surface area contributed by atoms with Gasteiger partial charge in [0.1, 0.15) is 0 Å². The second kappa shape index (κ2) is 7.53. The Balaban J connectivity index is 1.43. The molecule has 0 radical (unpaired) electrons. The number of hydrogen-bond donors (Lipinski definition) is 0. The average molecular weight is 404 g/mol. The maximum atomic E-state index is 12.9. The largest absolute Gasteiger partial charge is 0.420 e. The van der Waals surface area contributed by atoms with Crippen molar-refractivity contribution in [3.63, 3.8) is 0 Å². The molecular formula is C19H21N3O3S2. The molecule has 142 valence electrons. The molecule has 8 heteroatoms. The van der Waals surface area contributed by atoms with Gasteiger partial charge in [-0.25, -0.2) is 8.42 Å². The predicted molar refractivity (Wildman–Crippen MR) is 104 cm³/mol. The molecule has 3 heterocycles. The van der Waals surface area contributed by atoms with Crippen molar-refractivity contribution in [3.8, 4) is 11.5 Å². The lowest BCUT2D eigenvalue weighted by Gasteiger charge is -2.29. The topological polar surface area (TPSA) is 76.3 Å². The fourth-order valence-corrected chi connectivity index (χ4v) is 5.39. The molecule has 4 rings (SSSR count). The van der Waals surface area contributed by atoms with Crippen LogP contribution in [0.25, 0.3) is 11.5 Å². The number of nitrogens with zero attached hydrogens (tertiary/aromatic N) is 3. The Morgan fingerprint density at radius 1 is 1.15 bits per heavy atom.